The van der Waals surface area contributed by atoms with Gasteiger partial charge in [-0.2, -0.15) is 0 Å². The fourth-order valence-corrected chi connectivity index (χ4v) is 6.48. The first-order valence-electron chi connectivity index (χ1n) is 10.5. The molecule has 0 amide bonds. The first kappa shape index (κ1) is 19.5. The molecule has 6 heteroatoms. The molecule has 0 spiro atoms. The Balaban J connectivity index is 1.63. The smallest absolute Gasteiger partial charge is 0.271 e. The molecule has 32 heavy (non-hydrogen) atoms. The summed E-state index contributed by atoms with van der Waals surface area (Å²) in [7, 11) is 1.65. The minimum absolute atomic E-state index is 0.00321. The van der Waals surface area contributed by atoms with Crippen LogP contribution in [-0.4, -0.2) is 11.7 Å². The van der Waals surface area contributed by atoms with Crippen LogP contribution in [0.25, 0.3) is 11.8 Å². The summed E-state index contributed by atoms with van der Waals surface area (Å²) in [5.74, 6) is 0.751. The number of hydrogen-bond donors (Lipinski definition) is 0. The third kappa shape index (κ3) is 3.02. The predicted molar refractivity (Wildman–Crippen MR) is 130 cm³/mol. The van der Waals surface area contributed by atoms with Gasteiger partial charge in [-0.05, 0) is 47.6 Å². The molecule has 2 aliphatic rings. The maximum absolute atomic E-state index is 13.7. The van der Waals surface area contributed by atoms with E-state index in [2.05, 4.69) is 41.8 Å². The summed E-state index contributed by atoms with van der Waals surface area (Å²) in [4.78, 5) is 20.6. The lowest BCUT2D eigenvalue weighted by molar-refractivity contribution is 0.414. The molecule has 1 atom stereocenters. The number of thiophene rings is 1. The first-order valence-corrected chi connectivity index (χ1v) is 12.2. The van der Waals surface area contributed by atoms with E-state index in [0.29, 0.717) is 4.53 Å². The van der Waals surface area contributed by atoms with Gasteiger partial charge in [-0.25, -0.2) is 4.99 Å². The van der Waals surface area contributed by atoms with E-state index in [0.717, 1.165) is 34.7 Å². The SMILES string of the molecule is COc1ccccc1/C=c1\sc2n(c1=O)[C@@H](c1cccs1)C1=C(N=2)c2ccccc2CC1. The van der Waals surface area contributed by atoms with Crippen LogP contribution in [-0.2, 0) is 6.42 Å². The molecule has 0 fully saturated rings. The number of allylic oxidation sites excluding steroid dienone is 1. The van der Waals surface area contributed by atoms with Crippen LogP contribution in [0.4, 0.5) is 0 Å². The van der Waals surface area contributed by atoms with Gasteiger partial charge < -0.3 is 4.74 Å². The number of benzene rings is 2. The van der Waals surface area contributed by atoms with Crippen LogP contribution in [0, 0.1) is 0 Å². The van der Waals surface area contributed by atoms with Gasteiger partial charge in [-0.3, -0.25) is 9.36 Å². The Morgan fingerprint density at radius 3 is 2.75 bits per heavy atom. The Bertz CT molecular complexity index is 1540. The molecule has 158 valence electrons. The van der Waals surface area contributed by atoms with Gasteiger partial charge in [0.2, 0.25) is 0 Å². The number of methoxy groups -OCH3 is 1. The molecular formula is C26H20N2O2S2. The van der Waals surface area contributed by atoms with E-state index in [9.17, 15) is 4.79 Å². The zero-order chi connectivity index (χ0) is 21.7. The number of rotatable bonds is 3. The molecule has 0 saturated carbocycles. The highest BCUT2D eigenvalue weighted by Crippen LogP contribution is 2.42. The van der Waals surface area contributed by atoms with Crippen molar-refractivity contribution in [3.63, 3.8) is 0 Å². The number of aromatic nitrogens is 1. The second-order valence-electron chi connectivity index (χ2n) is 7.87. The van der Waals surface area contributed by atoms with Crippen molar-refractivity contribution in [1.82, 2.24) is 4.57 Å². The van der Waals surface area contributed by atoms with E-state index in [1.807, 2.05) is 34.9 Å². The third-order valence-corrected chi connectivity index (χ3v) is 8.02. The van der Waals surface area contributed by atoms with Crippen LogP contribution in [0.5, 0.6) is 5.75 Å². The summed E-state index contributed by atoms with van der Waals surface area (Å²) >= 11 is 3.15. The monoisotopic (exact) mass is 456 g/mol. The average molecular weight is 457 g/mol. The van der Waals surface area contributed by atoms with Crippen LogP contribution >= 0.6 is 22.7 Å². The second kappa shape index (κ2) is 7.73. The summed E-state index contributed by atoms with van der Waals surface area (Å²) in [6.07, 6.45) is 3.80. The average Bonchev–Trinajstić information content (AvgIpc) is 3.47. The highest BCUT2D eigenvalue weighted by Gasteiger charge is 2.32. The molecular weight excluding hydrogens is 436 g/mol. The number of para-hydroxylation sites is 1. The zero-order valence-electron chi connectivity index (χ0n) is 17.4. The molecule has 2 aromatic heterocycles. The largest absolute Gasteiger partial charge is 0.496 e. The Kier molecular flexibility index (Phi) is 4.70. The van der Waals surface area contributed by atoms with Crippen molar-refractivity contribution in [2.24, 2.45) is 4.99 Å². The van der Waals surface area contributed by atoms with Gasteiger partial charge >= 0.3 is 0 Å². The van der Waals surface area contributed by atoms with Crippen LogP contribution in [0.2, 0.25) is 0 Å². The van der Waals surface area contributed by atoms with Crippen molar-refractivity contribution < 1.29 is 4.74 Å². The van der Waals surface area contributed by atoms with Crippen molar-refractivity contribution in [1.29, 1.82) is 0 Å². The number of thiazole rings is 1. The Labute approximate surface area is 193 Å². The Morgan fingerprint density at radius 1 is 1.06 bits per heavy atom. The molecule has 3 heterocycles. The lowest BCUT2D eigenvalue weighted by atomic mass is 9.85. The second-order valence-corrected chi connectivity index (χ2v) is 9.86. The van der Waals surface area contributed by atoms with E-state index < -0.39 is 0 Å². The van der Waals surface area contributed by atoms with Crippen LogP contribution in [0.1, 0.15) is 34.0 Å². The number of hydrogen-bond acceptors (Lipinski definition) is 5. The van der Waals surface area contributed by atoms with Gasteiger partial charge in [0.25, 0.3) is 5.56 Å². The van der Waals surface area contributed by atoms with Crippen LogP contribution in [0.3, 0.4) is 0 Å². The van der Waals surface area contributed by atoms with E-state index >= 15 is 0 Å². The van der Waals surface area contributed by atoms with Crippen molar-refractivity contribution in [3.05, 3.63) is 113 Å². The van der Waals surface area contributed by atoms with Gasteiger partial charge in [-0.15, -0.1) is 11.3 Å². The van der Waals surface area contributed by atoms with E-state index in [1.165, 1.54) is 32.9 Å². The number of aryl methyl sites for hydroxylation is 1. The highest BCUT2D eigenvalue weighted by atomic mass is 32.1. The van der Waals surface area contributed by atoms with Crippen LogP contribution < -0.4 is 19.6 Å². The van der Waals surface area contributed by atoms with Crippen molar-refractivity contribution in [2.75, 3.05) is 7.11 Å². The molecule has 0 N–H and O–H groups in total. The summed E-state index contributed by atoms with van der Waals surface area (Å²) in [6.45, 7) is 0. The fraction of sp³-hybridized carbons (Fsp3) is 0.154. The highest BCUT2D eigenvalue weighted by molar-refractivity contribution is 7.10. The third-order valence-electron chi connectivity index (χ3n) is 6.11. The zero-order valence-corrected chi connectivity index (χ0v) is 19.1. The Morgan fingerprint density at radius 2 is 1.91 bits per heavy atom. The van der Waals surface area contributed by atoms with E-state index in [-0.39, 0.29) is 11.6 Å². The minimum Gasteiger partial charge on any atom is -0.496 e. The quantitative estimate of drug-likeness (QED) is 0.459. The molecule has 4 aromatic rings. The van der Waals surface area contributed by atoms with E-state index in [4.69, 9.17) is 9.73 Å². The maximum atomic E-state index is 13.7. The summed E-state index contributed by atoms with van der Waals surface area (Å²) in [6, 6.07) is 20.3. The molecule has 0 unspecified atom stereocenters. The predicted octanol–water partition coefficient (Wildman–Crippen LogP) is 4.39. The molecule has 2 aromatic carbocycles. The molecule has 1 aliphatic heterocycles. The normalized spacial score (nSPS) is 17.4. The van der Waals surface area contributed by atoms with Gasteiger partial charge in [0.15, 0.2) is 4.80 Å². The lowest BCUT2D eigenvalue weighted by Gasteiger charge is -2.30. The number of fused-ring (bicyclic) bond motifs is 3. The van der Waals surface area contributed by atoms with Crippen LogP contribution in [0.15, 0.2) is 81.4 Å². The Hall–Kier alpha value is -3.22. The number of nitrogens with zero attached hydrogens (tertiary/aromatic N) is 2. The summed E-state index contributed by atoms with van der Waals surface area (Å²) < 4.78 is 8.05. The fourth-order valence-electron chi connectivity index (χ4n) is 4.64. The van der Waals surface area contributed by atoms with Crippen molar-refractivity contribution in [2.45, 2.75) is 18.9 Å². The topological polar surface area (TPSA) is 43.6 Å². The number of ether oxygens (including phenoxy) is 1. The standard InChI is InChI=1S/C26H20N2O2S2/c1-30-20-10-5-3-8-17(20)15-22-25(29)28-24(21-11-6-14-31-21)19-13-12-16-7-2-4-9-18(16)23(19)27-26(28)32-22/h2-11,14-15,24H,12-13H2,1H3/b22-15-/t24-/m1/s1. The molecule has 6 rings (SSSR count). The lowest BCUT2D eigenvalue weighted by Crippen LogP contribution is -2.38. The minimum atomic E-state index is -0.102. The molecule has 4 nitrogen and oxygen atoms in total. The van der Waals surface area contributed by atoms with Gasteiger partial charge in [0.05, 0.1) is 23.4 Å². The first-order chi connectivity index (χ1) is 15.7. The van der Waals surface area contributed by atoms with Gasteiger partial charge in [0.1, 0.15) is 5.75 Å². The van der Waals surface area contributed by atoms with E-state index in [1.54, 1.807) is 18.4 Å². The van der Waals surface area contributed by atoms with Gasteiger partial charge in [0, 0.05) is 16.0 Å². The summed E-state index contributed by atoms with van der Waals surface area (Å²) in [5.41, 5.74) is 5.69. The van der Waals surface area contributed by atoms with Crippen molar-refractivity contribution in [3.8, 4) is 5.75 Å². The molecule has 0 saturated heterocycles. The molecule has 1 aliphatic carbocycles. The summed E-state index contributed by atoms with van der Waals surface area (Å²) in [5, 5.41) is 2.08. The molecule has 0 bridgehead atoms. The van der Waals surface area contributed by atoms with Gasteiger partial charge in [-0.1, -0.05) is 59.9 Å². The van der Waals surface area contributed by atoms with Crippen molar-refractivity contribution >= 4 is 34.4 Å². The molecule has 0 radical (unpaired) electrons. The maximum Gasteiger partial charge on any atom is 0.271 e.